The Kier molecular flexibility index (Phi) is 4.73. The molecule has 2 saturated carbocycles. The average molecular weight is 286 g/mol. The zero-order valence-electron chi connectivity index (χ0n) is 11.3. The maximum Gasteiger partial charge on any atom is 0.323 e. The number of hydrogen-bond acceptors (Lipinski definition) is 4. The third-order valence-electron chi connectivity index (χ3n) is 3.79. The molecular weight excluding hydrogens is 264 g/mol. The number of likely N-dealkylation sites (N-methyl/N-ethyl adjacent to an activating group) is 1. The summed E-state index contributed by atoms with van der Waals surface area (Å²) in [6.07, 6.45) is 4.32. The van der Waals surface area contributed by atoms with Crippen LogP contribution in [-0.4, -0.2) is 46.1 Å². The monoisotopic (exact) mass is 286 g/mol. The molecule has 0 aromatic rings. The summed E-state index contributed by atoms with van der Waals surface area (Å²) in [4.78, 5) is 23.0. The molecule has 6 heteroatoms. The van der Waals surface area contributed by atoms with E-state index in [1.807, 2.05) is 6.92 Å². The molecule has 0 aromatic carbocycles. The van der Waals surface area contributed by atoms with Crippen LogP contribution in [0.2, 0.25) is 0 Å². The molecule has 2 aliphatic rings. The van der Waals surface area contributed by atoms with Crippen LogP contribution in [0, 0.1) is 0 Å². The van der Waals surface area contributed by atoms with Gasteiger partial charge in [0.1, 0.15) is 5.54 Å². The van der Waals surface area contributed by atoms with Crippen molar-refractivity contribution in [2.45, 2.75) is 55.9 Å². The van der Waals surface area contributed by atoms with Crippen molar-refractivity contribution in [3.63, 3.8) is 0 Å². The Morgan fingerprint density at radius 2 is 2.11 bits per heavy atom. The van der Waals surface area contributed by atoms with Gasteiger partial charge in [0, 0.05) is 11.3 Å². The predicted molar refractivity (Wildman–Crippen MR) is 75.3 cm³/mol. The molecule has 2 fully saturated rings. The van der Waals surface area contributed by atoms with Gasteiger partial charge in [-0.3, -0.25) is 9.59 Å². The van der Waals surface area contributed by atoms with Gasteiger partial charge in [0.25, 0.3) is 0 Å². The van der Waals surface area contributed by atoms with Crippen molar-refractivity contribution in [3.8, 4) is 0 Å². The molecule has 2 rings (SSSR count). The second kappa shape index (κ2) is 6.13. The number of hydrogen-bond donors (Lipinski definition) is 3. The molecule has 108 valence electrons. The van der Waals surface area contributed by atoms with Crippen LogP contribution in [0.5, 0.6) is 0 Å². The van der Waals surface area contributed by atoms with Crippen LogP contribution < -0.4 is 10.6 Å². The lowest BCUT2D eigenvalue weighted by Gasteiger charge is -2.25. The van der Waals surface area contributed by atoms with Crippen LogP contribution in [0.25, 0.3) is 0 Å². The molecular formula is C13H22N2O3S. The Hall–Kier alpha value is -0.750. The number of carbonyl (C=O) groups is 2. The fourth-order valence-corrected chi connectivity index (χ4v) is 3.76. The smallest absolute Gasteiger partial charge is 0.323 e. The Bertz CT molecular complexity index is 360. The molecule has 2 atom stereocenters. The first-order valence-corrected chi connectivity index (χ1v) is 8.00. The molecule has 5 nitrogen and oxygen atoms in total. The highest BCUT2D eigenvalue weighted by atomic mass is 32.2. The Morgan fingerprint density at radius 1 is 1.37 bits per heavy atom. The summed E-state index contributed by atoms with van der Waals surface area (Å²) in [5, 5.41) is 15.7. The van der Waals surface area contributed by atoms with Gasteiger partial charge >= 0.3 is 5.97 Å². The second-order valence-corrected chi connectivity index (χ2v) is 6.72. The van der Waals surface area contributed by atoms with Gasteiger partial charge in [-0.2, -0.15) is 0 Å². The summed E-state index contributed by atoms with van der Waals surface area (Å²) in [5.74, 6) is -0.230. The van der Waals surface area contributed by atoms with Crippen molar-refractivity contribution in [1.82, 2.24) is 10.6 Å². The van der Waals surface area contributed by atoms with Gasteiger partial charge in [0.2, 0.25) is 5.91 Å². The Balaban J connectivity index is 1.76. The zero-order valence-corrected chi connectivity index (χ0v) is 12.1. The summed E-state index contributed by atoms with van der Waals surface area (Å²) in [6.45, 7) is 2.58. The molecule has 19 heavy (non-hydrogen) atoms. The van der Waals surface area contributed by atoms with E-state index in [4.69, 9.17) is 0 Å². The minimum Gasteiger partial charge on any atom is -0.480 e. The maximum atomic E-state index is 11.6. The lowest BCUT2D eigenvalue weighted by Crippen LogP contribution is -2.50. The molecule has 0 saturated heterocycles. The lowest BCUT2D eigenvalue weighted by atomic mass is 9.98. The summed E-state index contributed by atoms with van der Waals surface area (Å²) < 4.78 is 0. The summed E-state index contributed by atoms with van der Waals surface area (Å²) in [6, 6.07) is 0.400. The number of carboxylic acids is 1. The minimum absolute atomic E-state index is 0.0868. The molecule has 0 bridgehead atoms. The van der Waals surface area contributed by atoms with Crippen molar-refractivity contribution in [1.29, 1.82) is 0 Å². The molecule has 0 radical (unpaired) electrons. The largest absolute Gasteiger partial charge is 0.480 e. The predicted octanol–water partition coefficient (Wildman–Crippen LogP) is 0.984. The SMILES string of the molecule is CCNC1(C(=O)O)CCC(SCC(=O)NC2CC2)C1. The van der Waals surface area contributed by atoms with E-state index in [-0.39, 0.29) is 11.2 Å². The highest BCUT2D eigenvalue weighted by Crippen LogP contribution is 2.37. The van der Waals surface area contributed by atoms with Crippen molar-refractivity contribution in [2.75, 3.05) is 12.3 Å². The maximum absolute atomic E-state index is 11.6. The van der Waals surface area contributed by atoms with Gasteiger partial charge in [0.15, 0.2) is 0 Å². The number of nitrogens with one attached hydrogen (secondary N) is 2. The van der Waals surface area contributed by atoms with Gasteiger partial charge in [0.05, 0.1) is 5.75 Å². The molecule has 0 aromatic heterocycles. The molecule has 0 spiro atoms. The standard InChI is InChI=1S/C13H22N2O3S/c1-2-14-13(12(17)18)6-5-10(7-13)19-8-11(16)15-9-3-4-9/h9-10,14H,2-8H2,1H3,(H,15,16)(H,17,18). The zero-order chi connectivity index (χ0) is 13.9. The van der Waals surface area contributed by atoms with E-state index in [9.17, 15) is 14.7 Å². The van der Waals surface area contributed by atoms with E-state index in [1.54, 1.807) is 11.8 Å². The van der Waals surface area contributed by atoms with Crippen molar-refractivity contribution in [2.24, 2.45) is 0 Å². The van der Waals surface area contributed by atoms with Crippen LogP contribution in [0.1, 0.15) is 39.0 Å². The molecule has 3 N–H and O–H groups in total. The van der Waals surface area contributed by atoms with Crippen molar-refractivity contribution < 1.29 is 14.7 Å². The van der Waals surface area contributed by atoms with Crippen molar-refractivity contribution >= 4 is 23.6 Å². The third-order valence-corrected chi connectivity index (χ3v) is 5.09. The van der Waals surface area contributed by atoms with Crippen LogP contribution in [0.15, 0.2) is 0 Å². The number of amides is 1. The summed E-state index contributed by atoms with van der Waals surface area (Å²) in [7, 11) is 0. The van der Waals surface area contributed by atoms with Gasteiger partial charge in [-0.05, 0) is 38.6 Å². The highest BCUT2D eigenvalue weighted by Gasteiger charge is 2.45. The Labute approximate surface area is 117 Å². The number of carbonyl (C=O) groups excluding carboxylic acids is 1. The topological polar surface area (TPSA) is 78.4 Å². The summed E-state index contributed by atoms with van der Waals surface area (Å²) >= 11 is 1.59. The van der Waals surface area contributed by atoms with Gasteiger partial charge in [-0.25, -0.2) is 0 Å². The van der Waals surface area contributed by atoms with Gasteiger partial charge < -0.3 is 15.7 Å². The first-order chi connectivity index (χ1) is 9.05. The van der Waals surface area contributed by atoms with E-state index in [2.05, 4.69) is 10.6 Å². The number of rotatable bonds is 7. The minimum atomic E-state index is -0.778. The summed E-state index contributed by atoms with van der Waals surface area (Å²) in [5.41, 5.74) is -0.778. The van der Waals surface area contributed by atoms with E-state index < -0.39 is 11.5 Å². The fourth-order valence-electron chi connectivity index (χ4n) is 2.60. The number of carboxylic acid groups (broad SMARTS) is 1. The second-order valence-electron chi connectivity index (χ2n) is 5.44. The first kappa shape index (κ1) is 14.7. The number of thioether (sulfide) groups is 1. The van der Waals surface area contributed by atoms with E-state index in [0.29, 0.717) is 31.2 Å². The van der Waals surface area contributed by atoms with E-state index >= 15 is 0 Å². The van der Waals surface area contributed by atoms with Crippen LogP contribution in [0.4, 0.5) is 0 Å². The van der Waals surface area contributed by atoms with Crippen LogP contribution in [-0.2, 0) is 9.59 Å². The molecule has 2 unspecified atom stereocenters. The molecule has 1 amide bonds. The van der Waals surface area contributed by atoms with Gasteiger partial charge in [-0.1, -0.05) is 6.92 Å². The average Bonchev–Trinajstić information content (AvgIpc) is 3.06. The molecule has 2 aliphatic carbocycles. The highest BCUT2D eigenvalue weighted by molar-refractivity contribution is 8.00. The lowest BCUT2D eigenvalue weighted by molar-refractivity contribution is -0.144. The normalized spacial score (nSPS) is 30.3. The Morgan fingerprint density at radius 3 is 2.68 bits per heavy atom. The fraction of sp³-hybridized carbons (Fsp3) is 0.846. The quantitative estimate of drug-likeness (QED) is 0.650. The first-order valence-electron chi connectivity index (χ1n) is 6.95. The third kappa shape index (κ3) is 3.86. The van der Waals surface area contributed by atoms with Crippen molar-refractivity contribution in [3.05, 3.63) is 0 Å². The molecule has 0 heterocycles. The van der Waals surface area contributed by atoms with Crippen LogP contribution >= 0.6 is 11.8 Å². The van der Waals surface area contributed by atoms with Crippen LogP contribution in [0.3, 0.4) is 0 Å². The molecule has 0 aliphatic heterocycles. The van der Waals surface area contributed by atoms with Gasteiger partial charge in [-0.15, -0.1) is 11.8 Å². The van der Waals surface area contributed by atoms with E-state index in [1.165, 1.54) is 0 Å². The van der Waals surface area contributed by atoms with E-state index in [0.717, 1.165) is 19.3 Å². The number of aliphatic carboxylic acids is 1.